The van der Waals surface area contributed by atoms with E-state index < -0.39 is 0 Å². The van der Waals surface area contributed by atoms with Crippen molar-refractivity contribution in [3.8, 4) is 0 Å². The number of thioether (sulfide) groups is 1. The van der Waals surface area contributed by atoms with E-state index in [2.05, 4.69) is 47.2 Å². The predicted octanol–water partition coefficient (Wildman–Crippen LogP) is 3.59. The summed E-state index contributed by atoms with van der Waals surface area (Å²) in [7, 11) is 4.11. The third-order valence-corrected chi connectivity index (χ3v) is 7.42. The van der Waals surface area contributed by atoms with Crippen LogP contribution in [0.15, 0.2) is 0 Å². The Morgan fingerprint density at radius 2 is 1.44 bits per heavy atom. The van der Waals surface area contributed by atoms with Gasteiger partial charge in [0, 0.05) is 0 Å². The van der Waals surface area contributed by atoms with Crippen molar-refractivity contribution in [2.45, 2.75) is 35.9 Å². The second kappa shape index (κ2) is 4.04. The summed E-state index contributed by atoms with van der Waals surface area (Å²) in [4.78, 5) is 0. The fourth-order valence-corrected chi connectivity index (χ4v) is 6.48. The molecule has 0 spiro atoms. The van der Waals surface area contributed by atoms with Gasteiger partial charge in [0.25, 0.3) is 0 Å². The Balaban J connectivity index is 2.20. The van der Waals surface area contributed by atoms with Crippen LogP contribution in [-0.2, 0) is 0 Å². The molecule has 1 rings (SSSR count). The lowest BCUT2D eigenvalue weighted by atomic mass is 10.6. The minimum Gasteiger partial charge on any atom is -0.131 e. The summed E-state index contributed by atoms with van der Waals surface area (Å²) < 4.78 is 1.75. The largest absolute Gasteiger partial charge is 0.131 e. The van der Waals surface area contributed by atoms with Crippen molar-refractivity contribution in [2.24, 2.45) is 0 Å². The van der Waals surface area contributed by atoms with Crippen molar-refractivity contribution in [1.29, 1.82) is 0 Å². The van der Waals surface area contributed by atoms with Gasteiger partial charge in [-0.2, -0.15) is 0 Å². The maximum atomic E-state index is 2.27. The molecule has 0 aliphatic carbocycles. The summed E-state index contributed by atoms with van der Waals surface area (Å²) in [6.07, 6.45) is 2.64. The smallest absolute Gasteiger partial charge is 0.0615 e. The molecule has 0 unspecified atom stereocenters. The standard InChI is InChI=1S/C6H12S3/c1-3-5-7-6(4-2)9-8-5/h5-6H,3-4H2,1-2H3/t5-,6-/m0/s1. The minimum atomic E-state index is 0.875. The van der Waals surface area contributed by atoms with E-state index in [-0.39, 0.29) is 0 Å². The van der Waals surface area contributed by atoms with Crippen molar-refractivity contribution in [1.82, 2.24) is 0 Å². The van der Waals surface area contributed by atoms with Gasteiger partial charge in [-0.15, -0.1) is 11.8 Å². The lowest BCUT2D eigenvalue weighted by molar-refractivity contribution is 1.03. The van der Waals surface area contributed by atoms with Crippen LogP contribution in [0.4, 0.5) is 0 Å². The predicted molar refractivity (Wildman–Crippen MR) is 50.9 cm³/mol. The second-order valence-corrected chi connectivity index (χ2v) is 6.69. The van der Waals surface area contributed by atoms with E-state index in [1.54, 1.807) is 0 Å². The van der Waals surface area contributed by atoms with Gasteiger partial charge < -0.3 is 0 Å². The Morgan fingerprint density at radius 3 is 1.67 bits per heavy atom. The van der Waals surface area contributed by atoms with Gasteiger partial charge in [-0.1, -0.05) is 35.4 Å². The van der Waals surface area contributed by atoms with Gasteiger partial charge in [-0.3, -0.25) is 0 Å². The van der Waals surface area contributed by atoms with Crippen molar-refractivity contribution in [3.63, 3.8) is 0 Å². The van der Waals surface area contributed by atoms with E-state index in [0.717, 1.165) is 9.16 Å². The molecule has 0 aromatic heterocycles. The van der Waals surface area contributed by atoms with Gasteiger partial charge in [0.1, 0.15) is 0 Å². The second-order valence-electron chi connectivity index (χ2n) is 2.00. The lowest BCUT2D eigenvalue weighted by Gasteiger charge is -2.02. The van der Waals surface area contributed by atoms with E-state index in [0.29, 0.717) is 0 Å². The van der Waals surface area contributed by atoms with Gasteiger partial charge in [0.15, 0.2) is 0 Å². The van der Waals surface area contributed by atoms with Crippen LogP contribution in [0.3, 0.4) is 0 Å². The fraction of sp³-hybridized carbons (Fsp3) is 1.00. The molecule has 0 aromatic carbocycles. The molecular formula is C6H12S3. The highest BCUT2D eigenvalue weighted by Crippen LogP contribution is 2.52. The van der Waals surface area contributed by atoms with Crippen LogP contribution in [-0.4, -0.2) is 9.16 Å². The number of hydrogen-bond donors (Lipinski definition) is 0. The van der Waals surface area contributed by atoms with Crippen molar-refractivity contribution >= 4 is 33.3 Å². The first kappa shape index (κ1) is 8.15. The fourth-order valence-electron chi connectivity index (χ4n) is 0.667. The summed E-state index contributed by atoms with van der Waals surface area (Å²) in [5.74, 6) is 0. The van der Waals surface area contributed by atoms with Gasteiger partial charge >= 0.3 is 0 Å². The van der Waals surface area contributed by atoms with E-state index in [4.69, 9.17) is 0 Å². The Kier molecular flexibility index (Phi) is 3.66. The maximum Gasteiger partial charge on any atom is 0.0615 e. The highest BCUT2D eigenvalue weighted by molar-refractivity contribution is 8.82. The average molecular weight is 180 g/mol. The van der Waals surface area contributed by atoms with Crippen LogP contribution in [0.1, 0.15) is 26.7 Å². The zero-order chi connectivity index (χ0) is 6.69. The van der Waals surface area contributed by atoms with E-state index >= 15 is 0 Å². The molecule has 0 nitrogen and oxygen atoms in total. The first-order valence-corrected chi connectivity index (χ1v) is 6.56. The topological polar surface area (TPSA) is 0 Å². The van der Waals surface area contributed by atoms with E-state index in [1.165, 1.54) is 12.8 Å². The van der Waals surface area contributed by atoms with Gasteiger partial charge in [-0.05, 0) is 12.8 Å². The van der Waals surface area contributed by atoms with Crippen LogP contribution in [0, 0.1) is 0 Å². The Morgan fingerprint density at radius 1 is 1.00 bits per heavy atom. The molecular weight excluding hydrogens is 168 g/mol. The highest BCUT2D eigenvalue weighted by atomic mass is 33.1. The van der Waals surface area contributed by atoms with Gasteiger partial charge in [0.05, 0.1) is 9.16 Å². The Labute approximate surface area is 69.3 Å². The molecule has 3 heteroatoms. The normalized spacial score (nSPS) is 35.3. The molecule has 1 fully saturated rings. The lowest BCUT2D eigenvalue weighted by Crippen LogP contribution is -1.91. The van der Waals surface area contributed by atoms with Crippen LogP contribution in [0.5, 0.6) is 0 Å². The molecule has 1 aliphatic rings. The third kappa shape index (κ3) is 2.28. The molecule has 0 N–H and O–H groups in total. The van der Waals surface area contributed by atoms with Crippen LogP contribution in [0.25, 0.3) is 0 Å². The summed E-state index contributed by atoms with van der Waals surface area (Å²) in [6.45, 7) is 4.53. The SMILES string of the molecule is CC[C@@H]1SS[C@@H](CC)S1. The molecule has 1 heterocycles. The first-order valence-electron chi connectivity index (χ1n) is 3.34. The Hall–Kier alpha value is 1.05. The van der Waals surface area contributed by atoms with Gasteiger partial charge in [0.2, 0.25) is 0 Å². The molecule has 1 aliphatic heterocycles. The molecule has 9 heavy (non-hydrogen) atoms. The molecule has 54 valence electrons. The number of hydrogen-bond acceptors (Lipinski definition) is 3. The molecule has 2 atom stereocenters. The van der Waals surface area contributed by atoms with Crippen LogP contribution < -0.4 is 0 Å². The quantitative estimate of drug-likeness (QED) is 0.596. The first-order chi connectivity index (χ1) is 4.36. The maximum absolute atomic E-state index is 2.27. The monoisotopic (exact) mass is 180 g/mol. The third-order valence-electron chi connectivity index (χ3n) is 1.24. The van der Waals surface area contributed by atoms with Crippen LogP contribution >= 0.6 is 33.3 Å². The van der Waals surface area contributed by atoms with Gasteiger partial charge in [-0.25, -0.2) is 0 Å². The highest BCUT2D eigenvalue weighted by Gasteiger charge is 2.23. The average Bonchev–Trinajstić information content (AvgIpc) is 2.34. The van der Waals surface area contributed by atoms with E-state index in [9.17, 15) is 0 Å². The number of rotatable bonds is 2. The zero-order valence-electron chi connectivity index (χ0n) is 5.79. The molecule has 1 saturated heterocycles. The molecule has 0 saturated carbocycles. The summed E-state index contributed by atoms with van der Waals surface area (Å²) >= 11 is 2.14. The van der Waals surface area contributed by atoms with Crippen LogP contribution in [0.2, 0.25) is 0 Å². The van der Waals surface area contributed by atoms with E-state index in [1.807, 2.05) is 0 Å². The molecule has 0 amide bonds. The summed E-state index contributed by atoms with van der Waals surface area (Å²) in [6, 6.07) is 0. The molecule has 0 radical (unpaired) electrons. The van der Waals surface area contributed by atoms with Crippen molar-refractivity contribution in [2.75, 3.05) is 0 Å². The van der Waals surface area contributed by atoms with Crippen molar-refractivity contribution in [3.05, 3.63) is 0 Å². The minimum absolute atomic E-state index is 0.875. The molecule has 0 bridgehead atoms. The Bertz CT molecular complexity index is 74.4. The van der Waals surface area contributed by atoms with Crippen molar-refractivity contribution < 1.29 is 0 Å². The molecule has 0 aromatic rings. The summed E-state index contributed by atoms with van der Waals surface area (Å²) in [5, 5.41) is 0. The summed E-state index contributed by atoms with van der Waals surface area (Å²) in [5.41, 5.74) is 0. The zero-order valence-corrected chi connectivity index (χ0v) is 8.24.